The van der Waals surface area contributed by atoms with Crippen LogP contribution >= 0.6 is 11.3 Å². The lowest BCUT2D eigenvalue weighted by Crippen LogP contribution is -2.29. The predicted octanol–water partition coefficient (Wildman–Crippen LogP) is 0.778. The van der Waals surface area contributed by atoms with E-state index < -0.39 is 22.1 Å². The molecule has 0 aromatic carbocycles. The number of hydrazine groups is 1. The van der Waals surface area contributed by atoms with Crippen molar-refractivity contribution < 1.29 is 9.72 Å². The van der Waals surface area contributed by atoms with Gasteiger partial charge in [-0.3, -0.25) is 25.1 Å². The Morgan fingerprint density at radius 1 is 1.57 bits per heavy atom. The molecule has 0 aliphatic rings. The largest absolute Gasteiger partial charge is 0.334 e. The van der Waals surface area contributed by atoms with Crippen LogP contribution in [0.5, 0.6) is 0 Å². The van der Waals surface area contributed by atoms with Gasteiger partial charge in [-0.15, -0.1) is 11.3 Å². The number of nitrogens with zero attached hydrogens (tertiary/aromatic N) is 2. The van der Waals surface area contributed by atoms with Crippen molar-refractivity contribution in [1.29, 1.82) is 0 Å². The van der Waals surface area contributed by atoms with Crippen molar-refractivity contribution in [3.05, 3.63) is 60.2 Å². The first-order valence-electron chi connectivity index (χ1n) is 5.88. The quantitative estimate of drug-likeness (QED) is 0.374. The van der Waals surface area contributed by atoms with Gasteiger partial charge < -0.3 is 4.57 Å². The van der Waals surface area contributed by atoms with Crippen molar-refractivity contribution in [2.24, 2.45) is 5.84 Å². The molecule has 0 aliphatic carbocycles. The molecule has 1 amide bonds. The minimum absolute atomic E-state index is 0.153. The monoisotopic (exact) mass is 308 g/mol. The Morgan fingerprint density at radius 3 is 2.90 bits per heavy atom. The van der Waals surface area contributed by atoms with E-state index in [1.807, 2.05) is 5.43 Å². The van der Waals surface area contributed by atoms with Gasteiger partial charge in [-0.05, 0) is 24.6 Å². The number of nitrogens with one attached hydrogen (secondary N) is 1. The maximum Gasteiger partial charge on any atom is 0.334 e. The summed E-state index contributed by atoms with van der Waals surface area (Å²) < 4.78 is 1.23. The van der Waals surface area contributed by atoms with E-state index in [-0.39, 0.29) is 6.54 Å². The van der Waals surface area contributed by atoms with Crippen molar-refractivity contribution in [2.45, 2.75) is 13.5 Å². The van der Waals surface area contributed by atoms with E-state index in [0.29, 0.717) is 4.88 Å². The molecule has 0 fully saturated rings. The highest BCUT2D eigenvalue weighted by Gasteiger charge is 2.16. The Labute approximate surface area is 122 Å². The molecule has 21 heavy (non-hydrogen) atoms. The van der Waals surface area contributed by atoms with Crippen LogP contribution in [0.25, 0.3) is 0 Å². The lowest BCUT2D eigenvalue weighted by atomic mass is 10.2. The van der Waals surface area contributed by atoms with Crippen LogP contribution in [0.15, 0.2) is 29.2 Å². The van der Waals surface area contributed by atoms with Crippen molar-refractivity contribution >= 4 is 22.9 Å². The van der Waals surface area contributed by atoms with Gasteiger partial charge in [0, 0.05) is 17.1 Å². The number of aryl methyl sites for hydroxylation is 1. The summed E-state index contributed by atoms with van der Waals surface area (Å²) in [5.41, 5.74) is 1.61. The number of hydrogen-bond acceptors (Lipinski definition) is 6. The standard InChI is InChI=1S/C12H12N4O4S/c1-7-8(5-10(21-7)11(17)14-13)6-15-4-2-3-9(12(15)18)16(19)20/h2-5H,6,13H2,1H3,(H,14,17). The Hall–Kier alpha value is -2.52. The third-order valence-corrected chi connectivity index (χ3v) is 4.00. The Balaban J connectivity index is 2.37. The molecule has 0 spiro atoms. The third-order valence-electron chi connectivity index (χ3n) is 2.91. The number of rotatable bonds is 4. The van der Waals surface area contributed by atoms with E-state index in [2.05, 4.69) is 0 Å². The molecule has 110 valence electrons. The highest BCUT2D eigenvalue weighted by molar-refractivity contribution is 7.14. The molecule has 2 aromatic heterocycles. The van der Waals surface area contributed by atoms with Crippen molar-refractivity contribution in [2.75, 3.05) is 0 Å². The van der Waals surface area contributed by atoms with Gasteiger partial charge in [-0.25, -0.2) is 5.84 Å². The summed E-state index contributed by atoms with van der Waals surface area (Å²) in [5, 5.41) is 10.8. The smallest absolute Gasteiger partial charge is 0.305 e. The fourth-order valence-corrected chi connectivity index (χ4v) is 2.77. The number of nitro groups is 1. The van der Waals surface area contributed by atoms with Crippen LogP contribution in [0.4, 0.5) is 5.69 Å². The van der Waals surface area contributed by atoms with E-state index in [1.165, 1.54) is 28.2 Å². The molecule has 8 nitrogen and oxygen atoms in total. The summed E-state index contributed by atoms with van der Waals surface area (Å²) in [6.07, 6.45) is 1.47. The van der Waals surface area contributed by atoms with Gasteiger partial charge in [0.05, 0.1) is 16.3 Å². The fourth-order valence-electron chi connectivity index (χ4n) is 1.83. The summed E-state index contributed by atoms with van der Waals surface area (Å²) in [6.45, 7) is 1.95. The van der Waals surface area contributed by atoms with Crippen molar-refractivity contribution in [3.63, 3.8) is 0 Å². The first kappa shape index (κ1) is 14.9. The lowest BCUT2D eigenvalue weighted by Gasteiger charge is -2.04. The van der Waals surface area contributed by atoms with Crippen molar-refractivity contribution in [3.8, 4) is 0 Å². The van der Waals surface area contributed by atoms with Crippen LogP contribution in [-0.4, -0.2) is 15.4 Å². The number of amides is 1. The van der Waals surface area contributed by atoms with E-state index >= 15 is 0 Å². The van der Waals surface area contributed by atoms with E-state index in [4.69, 9.17) is 5.84 Å². The Morgan fingerprint density at radius 2 is 2.29 bits per heavy atom. The van der Waals surface area contributed by atoms with Crippen molar-refractivity contribution in [1.82, 2.24) is 9.99 Å². The molecule has 0 saturated carbocycles. The summed E-state index contributed by atoms with van der Waals surface area (Å²) in [7, 11) is 0. The number of hydrogen-bond donors (Lipinski definition) is 2. The van der Waals surface area contributed by atoms with Gasteiger partial charge in [0.1, 0.15) is 0 Å². The van der Waals surface area contributed by atoms with Crippen LogP contribution in [0.3, 0.4) is 0 Å². The fraction of sp³-hybridized carbons (Fsp3) is 0.167. The van der Waals surface area contributed by atoms with Gasteiger partial charge >= 0.3 is 11.2 Å². The highest BCUT2D eigenvalue weighted by atomic mass is 32.1. The van der Waals surface area contributed by atoms with Gasteiger partial charge in [0.25, 0.3) is 5.91 Å². The molecule has 9 heteroatoms. The van der Waals surface area contributed by atoms with Gasteiger partial charge in [-0.2, -0.15) is 0 Å². The second-order valence-electron chi connectivity index (χ2n) is 4.25. The number of pyridine rings is 1. The molecule has 2 aromatic rings. The topological polar surface area (TPSA) is 120 Å². The zero-order valence-electron chi connectivity index (χ0n) is 11.0. The van der Waals surface area contributed by atoms with E-state index in [0.717, 1.165) is 16.5 Å². The molecule has 3 N–H and O–H groups in total. The summed E-state index contributed by atoms with van der Waals surface area (Å²) in [5.74, 6) is 4.65. The van der Waals surface area contributed by atoms with Crippen LogP contribution in [0.1, 0.15) is 20.1 Å². The zero-order valence-corrected chi connectivity index (χ0v) is 11.8. The van der Waals surface area contributed by atoms with Crippen LogP contribution < -0.4 is 16.8 Å². The second-order valence-corrected chi connectivity index (χ2v) is 5.51. The van der Waals surface area contributed by atoms with Crippen LogP contribution in [-0.2, 0) is 6.54 Å². The minimum atomic E-state index is -0.716. The molecule has 0 unspecified atom stereocenters. The summed E-state index contributed by atoms with van der Waals surface area (Å²) in [4.78, 5) is 34.7. The Bertz CT molecular complexity index is 765. The molecular weight excluding hydrogens is 296 g/mol. The molecule has 2 heterocycles. The number of nitrogen functional groups attached to an aromatic ring is 1. The zero-order chi connectivity index (χ0) is 15.6. The molecule has 0 atom stereocenters. The molecule has 0 bridgehead atoms. The number of carbonyl (C=O) groups is 1. The van der Waals surface area contributed by atoms with Crippen LogP contribution in [0, 0.1) is 17.0 Å². The molecule has 0 saturated heterocycles. The molecule has 2 rings (SSSR count). The lowest BCUT2D eigenvalue weighted by molar-refractivity contribution is -0.386. The maximum atomic E-state index is 11.9. The van der Waals surface area contributed by atoms with Crippen LogP contribution in [0.2, 0.25) is 0 Å². The van der Waals surface area contributed by atoms with Gasteiger partial charge in [-0.1, -0.05) is 0 Å². The molecule has 0 radical (unpaired) electrons. The van der Waals surface area contributed by atoms with E-state index in [1.54, 1.807) is 13.0 Å². The first-order chi connectivity index (χ1) is 9.93. The van der Waals surface area contributed by atoms with Gasteiger partial charge in [0.2, 0.25) is 0 Å². The first-order valence-corrected chi connectivity index (χ1v) is 6.69. The molecular formula is C12H12N4O4S. The average molecular weight is 308 g/mol. The Kier molecular flexibility index (Phi) is 4.15. The summed E-state index contributed by atoms with van der Waals surface area (Å²) >= 11 is 1.24. The normalized spacial score (nSPS) is 10.4. The molecule has 0 aliphatic heterocycles. The SMILES string of the molecule is Cc1sc(C(=O)NN)cc1Cn1cccc([N+](=O)[O-])c1=O. The predicted molar refractivity (Wildman–Crippen MR) is 77.2 cm³/mol. The number of aromatic nitrogens is 1. The maximum absolute atomic E-state index is 11.9. The van der Waals surface area contributed by atoms with E-state index in [9.17, 15) is 19.7 Å². The minimum Gasteiger partial charge on any atom is -0.305 e. The second kappa shape index (κ2) is 5.85. The van der Waals surface area contributed by atoms with Gasteiger partial charge in [0.15, 0.2) is 0 Å². The highest BCUT2D eigenvalue weighted by Crippen LogP contribution is 2.22. The average Bonchev–Trinajstić information content (AvgIpc) is 2.81. The number of nitrogens with two attached hydrogens (primary N) is 1. The third kappa shape index (κ3) is 2.98. The number of carbonyl (C=O) groups excluding carboxylic acids is 1. The summed E-state index contributed by atoms with van der Waals surface area (Å²) in [6, 6.07) is 4.22. The number of thiophene rings is 1.